The quantitative estimate of drug-likeness (QED) is 0.892. The zero-order valence-corrected chi connectivity index (χ0v) is 14.1. The van der Waals surface area contributed by atoms with Gasteiger partial charge < -0.3 is 20.1 Å². The molecule has 0 atom stereocenters. The number of ether oxygens (including phenoxy) is 2. The molecular weight excluding hydrogens is 308 g/mol. The number of primary amides is 1. The Kier molecular flexibility index (Phi) is 4.33. The number of aromatic nitrogens is 1. The second kappa shape index (κ2) is 6.29. The molecule has 2 N–H and O–H groups in total. The highest BCUT2D eigenvalue weighted by Gasteiger charge is 2.34. The number of anilines is 1. The standard InChI is InChI=1S/C17H22N4O3/c1-17(2)7-11-12(8-18)16(23-10-14(19)22)20-15(13(11)9-24-17)21-5-3-4-6-21/h3-7,9-10H2,1-2H3,(H2,19,22). The number of nitrogens with zero attached hydrogens (tertiary/aromatic N) is 3. The zero-order valence-electron chi connectivity index (χ0n) is 14.1. The summed E-state index contributed by atoms with van der Waals surface area (Å²) in [4.78, 5) is 17.8. The van der Waals surface area contributed by atoms with Gasteiger partial charge in [0.2, 0.25) is 5.88 Å². The number of pyridine rings is 1. The van der Waals surface area contributed by atoms with Crippen molar-refractivity contribution in [2.75, 3.05) is 24.6 Å². The van der Waals surface area contributed by atoms with Crippen LogP contribution in [0, 0.1) is 11.3 Å². The minimum atomic E-state index is -0.593. The molecule has 0 bridgehead atoms. The van der Waals surface area contributed by atoms with Crippen LogP contribution in [-0.2, 0) is 22.6 Å². The van der Waals surface area contributed by atoms with E-state index in [4.69, 9.17) is 15.2 Å². The molecule has 1 fully saturated rings. The first-order valence-electron chi connectivity index (χ1n) is 8.17. The molecule has 1 aromatic heterocycles. The Bertz CT molecular complexity index is 703. The van der Waals surface area contributed by atoms with Crippen LogP contribution in [0.2, 0.25) is 0 Å². The van der Waals surface area contributed by atoms with Crippen LogP contribution in [0.3, 0.4) is 0 Å². The Morgan fingerprint density at radius 1 is 1.42 bits per heavy atom. The number of carbonyl (C=O) groups excluding carboxylic acids is 1. The summed E-state index contributed by atoms with van der Waals surface area (Å²) < 4.78 is 11.4. The van der Waals surface area contributed by atoms with Crippen LogP contribution in [0.4, 0.5) is 5.82 Å². The molecular formula is C17H22N4O3. The van der Waals surface area contributed by atoms with E-state index in [1.807, 2.05) is 13.8 Å². The van der Waals surface area contributed by atoms with Crippen molar-refractivity contribution in [1.29, 1.82) is 5.26 Å². The summed E-state index contributed by atoms with van der Waals surface area (Å²) in [5.41, 5.74) is 7.06. The Hall–Kier alpha value is -2.33. The first kappa shape index (κ1) is 16.5. The third-order valence-electron chi connectivity index (χ3n) is 4.44. The average Bonchev–Trinajstić information content (AvgIpc) is 3.04. The molecule has 0 aromatic carbocycles. The minimum absolute atomic E-state index is 0.189. The summed E-state index contributed by atoms with van der Waals surface area (Å²) in [7, 11) is 0. The van der Waals surface area contributed by atoms with E-state index >= 15 is 0 Å². The monoisotopic (exact) mass is 330 g/mol. The second-order valence-corrected chi connectivity index (χ2v) is 6.86. The number of fused-ring (bicyclic) bond motifs is 1. The summed E-state index contributed by atoms with van der Waals surface area (Å²) in [6.07, 6.45) is 2.82. The zero-order chi connectivity index (χ0) is 17.3. The topological polar surface area (TPSA) is 101 Å². The summed E-state index contributed by atoms with van der Waals surface area (Å²) in [5.74, 6) is 0.399. The number of rotatable bonds is 4. The lowest BCUT2D eigenvalue weighted by molar-refractivity contribution is -0.120. The lowest BCUT2D eigenvalue weighted by Crippen LogP contribution is -2.34. The fourth-order valence-electron chi connectivity index (χ4n) is 3.28. The SMILES string of the molecule is CC1(C)Cc2c(C#N)c(OCC(N)=O)nc(N3CCCC3)c2CO1. The first-order valence-corrected chi connectivity index (χ1v) is 8.17. The summed E-state index contributed by atoms with van der Waals surface area (Å²) in [6, 6.07) is 2.19. The van der Waals surface area contributed by atoms with Crippen molar-refractivity contribution >= 4 is 11.7 Å². The van der Waals surface area contributed by atoms with Gasteiger partial charge in [0.1, 0.15) is 17.5 Å². The van der Waals surface area contributed by atoms with E-state index in [0.29, 0.717) is 18.6 Å². The average molecular weight is 330 g/mol. The van der Waals surface area contributed by atoms with E-state index in [0.717, 1.165) is 42.9 Å². The van der Waals surface area contributed by atoms with Crippen LogP contribution in [0.5, 0.6) is 5.88 Å². The van der Waals surface area contributed by atoms with E-state index < -0.39 is 5.91 Å². The Labute approximate surface area is 141 Å². The summed E-state index contributed by atoms with van der Waals surface area (Å²) in [6.45, 7) is 5.97. The van der Waals surface area contributed by atoms with Crippen LogP contribution in [0.25, 0.3) is 0 Å². The van der Waals surface area contributed by atoms with Crippen molar-refractivity contribution in [2.24, 2.45) is 5.73 Å². The molecule has 1 amide bonds. The Morgan fingerprint density at radius 2 is 2.12 bits per heavy atom. The van der Waals surface area contributed by atoms with Crippen LogP contribution >= 0.6 is 0 Å². The number of hydrogen-bond donors (Lipinski definition) is 1. The molecule has 0 radical (unpaired) electrons. The molecule has 0 saturated carbocycles. The van der Waals surface area contributed by atoms with Crippen molar-refractivity contribution in [2.45, 2.75) is 45.3 Å². The predicted molar refractivity (Wildman–Crippen MR) is 87.7 cm³/mol. The van der Waals surface area contributed by atoms with Gasteiger partial charge in [-0.25, -0.2) is 0 Å². The third-order valence-corrected chi connectivity index (χ3v) is 4.44. The second-order valence-electron chi connectivity index (χ2n) is 6.86. The molecule has 0 unspecified atom stereocenters. The highest BCUT2D eigenvalue weighted by molar-refractivity contribution is 5.75. The molecule has 128 valence electrons. The predicted octanol–water partition coefficient (Wildman–Crippen LogP) is 1.27. The maximum absolute atomic E-state index is 11.1. The highest BCUT2D eigenvalue weighted by atomic mass is 16.5. The van der Waals surface area contributed by atoms with Gasteiger partial charge >= 0.3 is 0 Å². The molecule has 24 heavy (non-hydrogen) atoms. The Morgan fingerprint density at radius 3 is 2.75 bits per heavy atom. The normalized spacial score (nSPS) is 18.8. The molecule has 1 aromatic rings. The molecule has 2 aliphatic heterocycles. The van der Waals surface area contributed by atoms with Crippen molar-refractivity contribution in [3.8, 4) is 11.9 Å². The van der Waals surface area contributed by atoms with E-state index in [2.05, 4.69) is 16.0 Å². The number of nitrogens with two attached hydrogens (primary N) is 1. The van der Waals surface area contributed by atoms with Crippen LogP contribution in [0.15, 0.2) is 0 Å². The minimum Gasteiger partial charge on any atom is -0.467 e. The number of carbonyl (C=O) groups is 1. The maximum Gasteiger partial charge on any atom is 0.255 e. The van der Waals surface area contributed by atoms with Crippen molar-refractivity contribution in [3.05, 3.63) is 16.7 Å². The summed E-state index contributed by atoms with van der Waals surface area (Å²) >= 11 is 0. The third kappa shape index (κ3) is 3.15. The molecule has 3 rings (SSSR count). The first-order chi connectivity index (χ1) is 11.4. The van der Waals surface area contributed by atoms with Gasteiger partial charge in [-0.3, -0.25) is 4.79 Å². The van der Waals surface area contributed by atoms with Gasteiger partial charge in [0.15, 0.2) is 6.61 Å². The largest absolute Gasteiger partial charge is 0.467 e. The van der Waals surface area contributed by atoms with E-state index in [1.165, 1.54) is 0 Å². The van der Waals surface area contributed by atoms with E-state index in [9.17, 15) is 10.1 Å². The van der Waals surface area contributed by atoms with Crippen molar-refractivity contribution in [3.63, 3.8) is 0 Å². The highest BCUT2D eigenvalue weighted by Crippen LogP contribution is 2.39. The number of hydrogen-bond acceptors (Lipinski definition) is 6. The van der Waals surface area contributed by atoms with E-state index in [-0.39, 0.29) is 18.1 Å². The molecule has 1 saturated heterocycles. The van der Waals surface area contributed by atoms with Gasteiger partial charge in [-0.15, -0.1) is 0 Å². The number of amides is 1. The van der Waals surface area contributed by atoms with Gasteiger partial charge in [0, 0.05) is 25.1 Å². The lowest BCUT2D eigenvalue weighted by atomic mass is 9.89. The number of nitriles is 1. The van der Waals surface area contributed by atoms with Gasteiger partial charge in [-0.05, 0) is 32.3 Å². The van der Waals surface area contributed by atoms with Crippen molar-refractivity contribution < 1.29 is 14.3 Å². The van der Waals surface area contributed by atoms with Crippen LogP contribution < -0.4 is 15.4 Å². The fourth-order valence-corrected chi connectivity index (χ4v) is 3.28. The van der Waals surface area contributed by atoms with Gasteiger partial charge in [0.05, 0.1) is 12.2 Å². The van der Waals surface area contributed by atoms with Gasteiger partial charge in [0.25, 0.3) is 5.91 Å². The molecule has 7 heteroatoms. The molecule has 7 nitrogen and oxygen atoms in total. The smallest absolute Gasteiger partial charge is 0.255 e. The van der Waals surface area contributed by atoms with Gasteiger partial charge in [-0.2, -0.15) is 10.2 Å². The lowest BCUT2D eigenvalue weighted by Gasteiger charge is -2.35. The summed E-state index contributed by atoms with van der Waals surface area (Å²) in [5, 5.41) is 9.63. The molecule has 0 spiro atoms. The maximum atomic E-state index is 11.1. The molecule has 3 heterocycles. The molecule has 0 aliphatic carbocycles. The van der Waals surface area contributed by atoms with E-state index in [1.54, 1.807) is 0 Å². The Balaban J connectivity index is 2.11. The molecule has 2 aliphatic rings. The van der Waals surface area contributed by atoms with Crippen LogP contribution in [-0.4, -0.2) is 36.2 Å². The fraction of sp³-hybridized carbons (Fsp3) is 0.588. The van der Waals surface area contributed by atoms with Crippen molar-refractivity contribution in [1.82, 2.24) is 4.98 Å². The van der Waals surface area contributed by atoms with Crippen LogP contribution in [0.1, 0.15) is 43.4 Å². The van der Waals surface area contributed by atoms with Gasteiger partial charge in [-0.1, -0.05) is 0 Å².